The molecule has 9 heteroatoms. The summed E-state index contributed by atoms with van der Waals surface area (Å²) in [5.74, 6) is 0.972. The third kappa shape index (κ3) is 4.55. The lowest BCUT2D eigenvalue weighted by Gasteiger charge is -2.01. The molecule has 0 aromatic carbocycles. The normalized spacial score (nSPS) is 12.2. The van der Waals surface area contributed by atoms with Crippen LogP contribution in [0.4, 0.5) is 0 Å². The van der Waals surface area contributed by atoms with E-state index in [-0.39, 0.29) is 10.8 Å². The maximum absolute atomic E-state index is 12.5. The first-order valence-electron chi connectivity index (χ1n) is 7.80. The molecule has 134 valence electrons. The second kappa shape index (κ2) is 7.36. The Kier molecular flexibility index (Phi) is 5.38. The molecule has 3 aromatic rings. The minimum Gasteiger partial charge on any atom is -0.360 e. The van der Waals surface area contributed by atoms with Crippen molar-refractivity contribution in [1.82, 2.24) is 14.9 Å². The molecule has 0 saturated carbocycles. The summed E-state index contributed by atoms with van der Waals surface area (Å²) in [6.45, 7) is 6.19. The summed E-state index contributed by atoms with van der Waals surface area (Å²) in [6.07, 6.45) is 0.803. The smallest absolute Gasteiger partial charge is 0.250 e. The maximum atomic E-state index is 12.5. The van der Waals surface area contributed by atoms with Gasteiger partial charge in [-0.3, -0.25) is 0 Å². The van der Waals surface area contributed by atoms with Gasteiger partial charge in [0.25, 0.3) is 0 Å². The van der Waals surface area contributed by atoms with E-state index in [9.17, 15) is 8.42 Å². The average Bonchev–Trinajstić information content (AvgIpc) is 3.24. The van der Waals surface area contributed by atoms with Gasteiger partial charge < -0.3 is 4.52 Å². The van der Waals surface area contributed by atoms with Crippen LogP contribution in [-0.4, -0.2) is 18.6 Å². The van der Waals surface area contributed by atoms with Crippen LogP contribution in [0, 0.1) is 12.8 Å². The first kappa shape index (κ1) is 18.2. The van der Waals surface area contributed by atoms with Gasteiger partial charge in [0.2, 0.25) is 10.0 Å². The van der Waals surface area contributed by atoms with Crippen molar-refractivity contribution in [2.45, 2.75) is 37.9 Å². The number of hydrogen-bond acceptors (Lipinski definition) is 7. The van der Waals surface area contributed by atoms with Gasteiger partial charge in [0, 0.05) is 11.4 Å². The molecule has 3 rings (SSSR count). The van der Waals surface area contributed by atoms with E-state index < -0.39 is 10.0 Å². The lowest BCUT2D eigenvalue weighted by atomic mass is 10.1. The molecule has 0 aliphatic heterocycles. The fourth-order valence-electron chi connectivity index (χ4n) is 2.27. The van der Waals surface area contributed by atoms with Gasteiger partial charge >= 0.3 is 0 Å². The third-order valence-corrected chi connectivity index (χ3v) is 7.15. The van der Waals surface area contributed by atoms with Crippen molar-refractivity contribution in [3.05, 3.63) is 40.0 Å². The van der Waals surface area contributed by atoms with Crippen LogP contribution in [0.25, 0.3) is 10.6 Å². The minimum absolute atomic E-state index is 0.0798. The van der Waals surface area contributed by atoms with E-state index in [1.165, 1.54) is 11.3 Å². The van der Waals surface area contributed by atoms with Gasteiger partial charge in [-0.15, -0.1) is 22.7 Å². The molecule has 0 bridgehead atoms. The molecule has 0 fully saturated rings. The minimum atomic E-state index is -3.60. The number of sulfonamides is 1. The van der Waals surface area contributed by atoms with E-state index in [0.717, 1.165) is 27.7 Å². The van der Waals surface area contributed by atoms with Crippen LogP contribution >= 0.6 is 22.7 Å². The van der Waals surface area contributed by atoms with E-state index in [2.05, 4.69) is 28.7 Å². The molecule has 0 aliphatic rings. The lowest BCUT2D eigenvalue weighted by molar-refractivity contribution is 0.372. The highest BCUT2D eigenvalue weighted by molar-refractivity contribution is 7.91. The molecule has 0 spiro atoms. The Morgan fingerprint density at radius 2 is 2.12 bits per heavy atom. The van der Waals surface area contributed by atoms with Gasteiger partial charge in [-0.05, 0) is 31.4 Å². The van der Waals surface area contributed by atoms with Crippen LogP contribution in [0.2, 0.25) is 0 Å². The Morgan fingerprint density at radius 3 is 2.80 bits per heavy atom. The molecule has 0 amide bonds. The average molecular weight is 398 g/mol. The van der Waals surface area contributed by atoms with Crippen molar-refractivity contribution in [1.29, 1.82) is 0 Å². The summed E-state index contributed by atoms with van der Waals surface area (Å²) in [7, 11) is -3.60. The molecule has 0 atom stereocenters. The van der Waals surface area contributed by atoms with Crippen LogP contribution in [0.3, 0.4) is 0 Å². The van der Waals surface area contributed by atoms with Crippen molar-refractivity contribution in [2.24, 2.45) is 5.92 Å². The second-order valence-electron chi connectivity index (χ2n) is 6.08. The predicted molar refractivity (Wildman–Crippen MR) is 99.2 cm³/mol. The standard InChI is InChI=1S/C16H19N3O3S3/c1-10(2)6-12-7-13(22-19-12)8-17-25(20,21)16-5-4-15(24-16)14-9-23-11(3)18-14/h4-5,7,9-10,17H,6,8H2,1-3H3. The van der Waals surface area contributed by atoms with Crippen LogP contribution in [0.5, 0.6) is 0 Å². The van der Waals surface area contributed by atoms with E-state index in [1.807, 2.05) is 12.3 Å². The lowest BCUT2D eigenvalue weighted by Crippen LogP contribution is -2.22. The summed E-state index contributed by atoms with van der Waals surface area (Å²) in [6, 6.07) is 5.17. The molecule has 1 N–H and O–H groups in total. The molecule has 0 aliphatic carbocycles. The zero-order chi connectivity index (χ0) is 18.0. The summed E-state index contributed by atoms with van der Waals surface area (Å²) < 4.78 is 32.9. The zero-order valence-corrected chi connectivity index (χ0v) is 16.6. The van der Waals surface area contributed by atoms with E-state index in [1.54, 1.807) is 29.5 Å². The molecule has 3 aromatic heterocycles. The Morgan fingerprint density at radius 1 is 1.32 bits per heavy atom. The fourth-order valence-corrected chi connectivity index (χ4v) is 5.26. The van der Waals surface area contributed by atoms with Crippen molar-refractivity contribution < 1.29 is 12.9 Å². The third-order valence-electron chi connectivity index (χ3n) is 3.38. The zero-order valence-electron chi connectivity index (χ0n) is 14.1. The number of hydrogen-bond donors (Lipinski definition) is 1. The fraction of sp³-hybridized carbons (Fsp3) is 0.375. The number of thiazole rings is 1. The highest BCUT2D eigenvalue weighted by atomic mass is 32.2. The van der Waals surface area contributed by atoms with Crippen molar-refractivity contribution in [2.75, 3.05) is 0 Å². The SMILES string of the molecule is Cc1nc(-c2ccc(S(=O)(=O)NCc3cc(CC(C)C)no3)s2)cs1. The van der Waals surface area contributed by atoms with Crippen LogP contribution in [-0.2, 0) is 23.0 Å². The largest absolute Gasteiger partial charge is 0.360 e. The van der Waals surface area contributed by atoms with Crippen LogP contribution in [0.1, 0.15) is 30.3 Å². The van der Waals surface area contributed by atoms with Crippen molar-refractivity contribution in [3.8, 4) is 10.6 Å². The first-order chi connectivity index (χ1) is 11.8. The quantitative estimate of drug-likeness (QED) is 0.655. The van der Waals surface area contributed by atoms with Gasteiger partial charge in [0.15, 0.2) is 5.76 Å². The molecule has 0 unspecified atom stereocenters. The number of aromatic nitrogens is 2. The van der Waals surface area contributed by atoms with E-state index in [0.29, 0.717) is 11.7 Å². The molecule has 0 radical (unpaired) electrons. The van der Waals surface area contributed by atoms with Gasteiger partial charge in [-0.25, -0.2) is 18.1 Å². The number of aryl methyl sites for hydroxylation is 1. The second-order valence-corrected chi connectivity index (χ2v) is 10.2. The molecular weight excluding hydrogens is 378 g/mol. The van der Waals surface area contributed by atoms with Crippen LogP contribution < -0.4 is 4.72 Å². The molecule has 25 heavy (non-hydrogen) atoms. The summed E-state index contributed by atoms with van der Waals surface area (Å²) in [5.41, 5.74) is 1.64. The summed E-state index contributed by atoms with van der Waals surface area (Å²) in [4.78, 5) is 5.22. The van der Waals surface area contributed by atoms with Crippen molar-refractivity contribution in [3.63, 3.8) is 0 Å². The number of nitrogens with one attached hydrogen (secondary N) is 1. The van der Waals surface area contributed by atoms with E-state index >= 15 is 0 Å². The van der Waals surface area contributed by atoms with Gasteiger partial charge in [-0.1, -0.05) is 19.0 Å². The van der Waals surface area contributed by atoms with Gasteiger partial charge in [0.05, 0.1) is 27.8 Å². The topological polar surface area (TPSA) is 85.1 Å². The van der Waals surface area contributed by atoms with Gasteiger partial charge in [0.1, 0.15) is 4.21 Å². The summed E-state index contributed by atoms with van der Waals surface area (Å²) in [5, 5.41) is 6.84. The predicted octanol–water partition coefficient (Wildman–Crippen LogP) is 3.85. The molecular formula is C16H19N3O3S3. The highest BCUT2D eigenvalue weighted by Crippen LogP contribution is 2.31. The molecule has 3 heterocycles. The van der Waals surface area contributed by atoms with E-state index in [4.69, 9.17) is 4.52 Å². The van der Waals surface area contributed by atoms with Gasteiger partial charge in [-0.2, -0.15) is 0 Å². The number of nitrogens with zero attached hydrogens (tertiary/aromatic N) is 2. The van der Waals surface area contributed by atoms with Crippen molar-refractivity contribution >= 4 is 32.7 Å². The Balaban J connectivity index is 1.68. The first-order valence-corrected chi connectivity index (χ1v) is 11.0. The van der Waals surface area contributed by atoms with Crippen LogP contribution in [0.15, 0.2) is 32.3 Å². The molecule has 0 saturated heterocycles. The maximum Gasteiger partial charge on any atom is 0.250 e. The Labute approximate surface area is 155 Å². The number of rotatable bonds is 7. The Hall–Kier alpha value is -1.55. The molecule has 6 nitrogen and oxygen atoms in total. The number of thiophene rings is 1. The highest BCUT2D eigenvalue weighted by Gasteiger charge is 2.19. The summed E-state index contributed by atoms with van der Waals surface area (Å²) >= 11 is 2.74. The Bertz CT molecular complexity index is 954. The monoisotopic (exact) mass is 397 g/mol.